The molecule has 0 aliphatic rings. The molecule has 0 radical (unpaired) electrons. The van der Waals surface area contributed by atoms with E-state index in [9.17, 15) is 9.90 Å². The molecule has 1 unspecified atom stereocenters. The van der Waals surface area contributed by atoms with Crippen LogP contribution < -0.4 is 4.74 Å². The van der Waals surface area contributed by atoms with E-state index in [1.807, 2.05) is 6.07 Å². The first-order chi connectivity index (χ1) is 16.0. The van der Waals surface area contributed by atoms with Crippen molar-refractivity contribution in [2.24, 2.45) is 5.16 Å². The van der Waals surface area contributed by atoms with Gasteiger partial charge in [0.15, 0.2) is 11.8 Å². The van der Waals surface area contributed by atoms with Gasteiger partial charge in [-0.1, -0.05) is 28.9 Å². The highest BCUT2D eigenvalue weighted by Crippen LogP contribution is 2.21. The third-order valence-corrected chi connectivity index (χ3v) is 4.66. The van der Waals surface area contributed by atoms with E-state index in [4.69, 9.17) is 30.3 Å². The Bertz CT molecular complexity index is 1080. The summed E-state index contributed by atoms with van der Waals surface area (Å²) in [4.78, 5) is 16.5. The van der Waals surface area contributed by atoms with Crippen LogP contribution in [0.5, 0.6) is 5.75 Å². The molecule has 0 aliphatic heterocycles. The van der Waals surface area contributed by atoms with Crippen molar-refractivity contribution in [3.63, 3.8) is 0 Å². The molecule has 1 aromatic heterocycles. The van der Waals surface area contributed by atoms with Gasteiger partial charge in [-0.3, -0.25) is 0 Å². The lowest BCUT2D eigenvalue weighted by Crippen LogP contribution is -2.26. The summed E-state index contributed by atoms with van der Waals surface area (Å²) in [5, 5.41) is 22.1. The summed E-state index contributed by atoms with van der Waals surface area (Å²) in [6.07, 6.45) is -0.709. The monoisotopic (exact) mass is 473 g/mol. The van der Waals surface area contributed by atoms with Gasteiger partial charge in [-0.25, -0.2) is 4.79 Å². The Hall–Kier alpha value is -3.43. The number of ether oxygens (including phenoxy) is 2. The molecule has 10 heteroatoms. The maximum Gasteiger partial charge on any atom is 0.333 e. The molecule has 174 valence electrons. The number of nitrogens with zero attached hydrogens (tertiary/aromatic N) is 3. The highest BCUT2D eigenvalue weighted by Gasteiger charge is 2.19. The molecule has 0 aliphatic carbocycles. The van der Waals surface area contributed by atoms with Crippen molar-refractivity contribution in [2.45, 2.75) is 26.4 Å². The number of carboxylic acids is 1. The van der Waals surface area contributed by atoms with Gasteiger partial charge in [-0.15, -0.1) is 10.2 Å². The molecule has 9 nitrogen and oxygen atoms in total. The summed E-state index contributed by atoms with van der Waals surface area (Å²) >= 11 is 5.93. The number of hydrogen-bond donors (Lipinski definition) is 1. The summed E-state index contributed by atoms with van der Waals surface area (Å²) in [5.74, 6) is -0.0210. The number of aliphatic carboxylic acids is 1. The first-order valence-electron chi connectivity index (χ1n) is 10.3. The third kappa shape index (κ3) is 7.03. The van der Waals surface area contributed by atoms with Crippen molar-refractivity contribution < 1.29 is 28.6 Å². The molecule has 33 heavy (non-hydrogen) atoms. The number of rotatable bonds is 12. The van der Waals surface area contributed by atoms with Crippen molar-refractivity contribution in [2.75, 3.05) is 19.8 Å². The molecular formula is C23H24ClN3O6. The predicted octanol–water partition coefficient (Wildman–Crippen LogP) is 4.24. The van der Waals surface area contributed by atoms with Crippen LogP contribution in [0.25, 0.3) is 11.5 Å². The van der Waals surface area contributed by atoms with E-state index in [1.165, 1.54) is 0 Å². The van der Waals surface area contributed by atoms with Gasteiger partial charge in [0, 0.05) is 23.6 Å². The van der Waals surface area contributed by atoms with Crippen LogP contribution in [0.4, 0.5) is 0 Å². The molecule has 2 aromatic carbocycles. The Balaban J connectivity index is 1.72. The first-order valence-corrected chi connectivity index (χ1v) is 10.7. The quantitative estimate of drug-likeness (QED) is 0.306. The second kappa shape index (κ2) is 12.0. The van der Waals surface area contributed by atoms with Gasteiger partial charge in [0.05, 0.1) is 0 Å². The van der Waals surface area contributed by atoms with Gasteiger partial charge < -0.3 is 23.8 Å². The molecule has 0 amide bonds. The van der Waals surface area contributed by atoms with E-state index in [0.29, 0.717) is 41.2 Å². The van der Waals surface area contributed by atoms with Crippen LogP contribution in [0.15, 0.2) is 58.1 Å². The fourth-order valence-corrected chi connectivity index (χ4v) is 2.99. The average molecular weight is 474 g/mol. The number of carbonyl (C=O) groups is 1. The predicted molar refractivity (Wildman–Crippen MR) is 122 cm³/mol. The van der Waals surface area contributed by atoms with E-state index in [2.05, 4.69) is 15.4 Å². The summed E-state index contributed by atoms with van der Waals surface area (Å²) in [6.45, 7) is 4.22. The number of hydrogen-bond acceptors (Lipinski definition) is 8. The van der Waals surface area contributed by atoms with Crippen LogP contribution >= 0.6 is 11.6 Å². The maximum atomic E-state index is 11.4. The van der Waals surface area contributed by atoms with E-state index in [-0.39, 0.29) is 18.9 Å². The van der Waals surface area contributed by atoms with Gasteiger partial charge in [0.1, 0.15) is 19.0 Å². The molecule has 3 aromatic rings. The molecular weight excluding hydrogens is 450 g/mol. The fourth-order valence-electron chi connectivity index (χ4n) is 2.87. The molecule has 0 bridgehead atoms. The summed E-state index contributed by atoms with van der Waals surface area (Å²) in [7, 11) is 0. The summed E-state index contributed by atoms with van der Waals surface area (Å²) in [6, 6.07) is 14.1. The van der Waals surface area contributed by atoms with Crippen molar-refractivity contribution in [1.29, 1.82) is 0 Å². The van der Waals surface area contributed by atoms with Crippen molar-refractivity contribution in [1.82, 2.24) is 10.2 Å². The number of aromatic nitrogens is 2. The minimum Gasteiger partial charge on any atom is -0.487 e. The molecule has 1 heterocycles. The van der Waals surface area contributed by atoms with Crippen molar-refractivity contribution in [3.05, 3.63) is 65.0 Å². The molecule has 0 saturated heterocycles. The highest BCUT2D eigenvalue weighted by molar-refractivity contribution is 6.30. The molecule has 3 rings (SSSR count). The highest BCUT2D eigenvalue weighted by atomic mass is 35.5. The van der Waals surface area contributed by atoms with E-state index < -0.39 is 12.1 Å². The minimum atomic E-state index is -1.01. The Morgan fingerprint density at radius 1 is 1.15 bits per heavy atom. The van der Waals surface area contributed by atoms with Crippen LogP contribution in [-0.4, -0.2) is 52.9 Å². The molecule has 0 fully saturated rings. The maximum absolute atomic E-state index is 11.4. The van der Waals surface area contributed by atoms with Gasteiger partial charge in [0.25, 0.3) is 5.89 Å². The Labute approximate surface area is 195 Å². The van der Waals surface area contributed by atoms with Gasteiger partial charge in [-0.2, -0.15) is 0 Å². The smallest absolute Gasteiger partial charge is 0.333 e. The number of carboxylic acid groups (broad SMARTS) is 1. The minimum absolute atomic E-state index is 0.000473. The van der Waals surface area contributed by atoms with Crippen LogP contribution in [0.3, 0.4) is 0 Å². The summed E-state index contributed by atoms with van der Waals surface area (Å²) < 4.78 is 16.9. The largest absolute Gasteiger partial charge is 0.487 e. The average Bonchev–Trinajstić information content (AvgIpc) is 3.29. The molecule has 1 atom stereocenters. The summed E-state index contributed by atoms with van der Waals surface area (Å²) in [5.41, 5.74) is 1.79. The topological polar surface area (TPSA) is 116 Å². The molecule has 1 N–H and O–H groups in total. The lowest BCUT2D eigenvalue weighted by atomic mass is 10.1. The standard InChI is InChI=1S/C23H24ClN3O6/c1-3-30-20(23(28)29)13-15-6-5-7-18(12-15)31-14-19(27-32-4-2)22-26-25-21(33-22)16-8-10-17(24)11-9-16/h5-12,20H,3-4,13-14H2,1-2H3,(H,28,29)/b27-19+. The Kier molecular flexibility index (Phi) is 8.79. The van der Waals surface area contributed by atoms with Gasteiger partial charge in [-0.05, 0) is 55.8 Å². The van der Waals surface area contributed by atoms with Crippen LogP contribution in [0, 0.1) is 0 Å². The molecule has 0 saturated carbocycles. The van der Waals surface area contributed by atoms with Crippen molar-refractivity contribution >= 4 is 23.3 Å². The van der Waals surface area contributed by atoms with E-state index in [0.717, 1.165) is 5.56 Å². The third-order valence-electron chi connectivity index (χ3n) is 4.41. The Morgan fingerprint density at radius 3 is 2.64 bits per heavy atom. The SMILES string of the molecule is CCO/N=C(\COc1cccc(CC(OCC)C(=O)O)c1)c1nnc(-c2ccc(Cl)cc2)o1. The zero-order valence-electron chi connectivity index (χ0n) is 18.2. The number of halogens is 1. The van der Waals surface area contributed by atoms with Crippen LogP contribution in [-0.2, 0) is 20.8 Å². The Morgan fingerprint density at radius 2 is 1.94 bits per heavy atom. The normalized spacial score (nSPS) is 12.4. The zero-order chi connectivity index (χ0) is 23.6. The van der Waals surface area contributed by atoms with E-state index >= 15 is 0 Å². The second-order valence-electron chi connectivity index (χ2n) is 6.80. The molecule has 0 spiro atoms. The van der Waals surface area contributed by atoms with Crippen LogP contribution in [0.2, 0.25) is 5.02 Å². The van der Waals surface area contributed by atoms with Crippen molar-refractivity contribution in [3.8, 4) is 17.2 Å². The number of benzene rings is 2. The van der Waals surface area contributed by atoms with Gasteiger partial charge in [0.2, 0.25) is 5.89 Å². The van der Waals surface area contributed by atoms with Gasteiger partial charge >= 0.3 is 5.97 Å². The second-order valence-corrected chi connectivity index (χ2v) is 7.23. The van der Waals surface area contributed by atoms with Crippen LogP contribution in [0.1, 0.15) is 25.3 Å². The lowest BCUT2D eigenvalue weighted by molar-refractivity contribution is -0.149. The number of oxime groups is 1. The van der Waals surface area contributed by atoms with E-state index in [1.54, 1.807) is 56.3 Å². The first kappa shape index (κ1) is 24.2. The lowest BCUT2D eigenvalue weighted by Gasteiger charge is -2.13. The fraction of sp³-hybridized carbons (Fsp3) is 0.304. The zero-order valence-corrected chi connectivity index (χ0v) is 19.0.